The van der Waals surface area contributed by atoms with Crippen molar-refractivity contribution in [3.05, 3.63) is 90.0 Å². The molecule has 3 aromatic carbocycles. The van der Waals surface area contributed by atoms with Crippen LogP contribution in [0.5, 0.6) is 11.5 Å². The molecule has 0 aliphatic heterocycles. The first kappa shape index (κ1) is 19.5. The Labute approximate surface area is 166 Å². The molecule has 0 fully saturated rings. The van der Waals surface area contributed by atoms with E-state index in [0.29, 0.717) is 30.4 Å². The molecule has 0 unspecified atom stereocenters. The molecule has 0 aromatic heterocycles. The predicted octanol–water partition coefficient (Wildman–Crippen LogP) is 5.52. The molecule has 0 aliphatic rings. The van der Waals surface area contributed by atoms with Crippen molar-refractivity contribution in [2.45, 2.75) is 19.8 Å². The van der Waals surface area contributed by atoms with Gasteiger partial charge in [-0.1, -0.05) is 56.3 Å². The van der Waals surface area contributed by atoms with Gasteiger partial charge in [-0.25, -0.2) is 0 Å². The first-order valence-electron chi connectivity index (χ1n) is 9.44. The van der Waals surface area contributed by atoms with Gasteiger partial charge in [-0.05, 0) is 47.9 Å². The quantitative estimate of drug-likeness (QED) is 0.527. The number of para-hydroxylation sites is 2. The molecular weight excluding hydrogens is 350 g/mol. The van der Waals surface area contributed by atoms with Gasteiger partial charge in [0.2, 0.25) is 0 Å². The second-order valence-electron chi connectivity index (χ2n) is 6.73. The van der Waals surface area contributed by atoms with E-state index in [-0.39, 0.29) is 5.91 Å². The smallest absolute Gasteiger partial charge is 0.255 e. The normalized spacial score (nSPS) is 10.5. The Kier molecular flexibility index (Phi) is 6.68. The van der Waals surface area contributed by atoms with Crippen LogP contribution in [0.2, 0.25) is 0 Å². The monoisotopic (exact) mass is 375 g/mol. The molecule has 3 aromatic rings. The van der Waals surface area contributed by atoms with Gasteiger partial charge >= 0.3 is 0 Å². The highest BCUT2D eigenvalue weighted by molar-refractivity contribution is 6.04. The fraction of sp³-hybridized carbons (Fsp3) is 0.208. The van der Waals surface area contributed by atoms with Gasteiger partial charge < -0.3 is 14.8 Å². The number of hydrogen-bond donors (Lipinski definition) is 1. The minimum absolute atomic E-state index is 0.154. The zero-order valence-electron chi connectivity index (χ0n) is 16.2. The highest BCUT2D eigenvalue weighted by atomic mass is 16.5. The van der Waals surface area contributed by atoms with E-state index >= 15 is 0 Å². The first-order chi connectivity index (χ1) is 13.6. The van der Waals surface area contributed by atoms with Crippen molar-refractivity contribution < 1.29 is 14.3 Å². The van der Waals surface area contributed by atoms with Crippen molar-refractivity contribution in [2.75, 3.05) is 18.5 Å². The maximum Gasteiger partial charge on any atom is 0.255 e. The van der Waals surface area contributed by atoms with Gasteiger partial charge in [0.25, 0.3) is 5.91 Å². The molecule has 0 bridgehead atoms. The lowest BCUT2D eigenvalue weighted by atomic mass is 10.0. The van der Waals surface area contributed by atoms with Crippen LogP contribution in [0.15, 0.2) is 78.9 Å². The minimum atomic E-state index is -0.154. The van der Waals surface area contributed by atoms with E-state index in [9.17, 15) is 4.79 Å². The summed E-state index contributed by atoms with van der Waals surface area (Å²) in [6.07, 6.45) is 0. The third-order valence-corrected chi connectivity index (χ3v) is 4.29. The Hall–Kier alpha value is -3.27. The summed E-state index contributed by atoms with van der Waals surface area (Å²) in [6, 6.07) is 24.6. The standard InChI is InChI=1S/C24H25NO3/c1-18(2)22-13-6-7-14-23(22)25-24(26)19-9-8-12-21(17-19)28-16-15-27-20-10-4-3-5-11-20/h3-14,17-18H,15-16H2,1-2H3,(H,25,26). The van der Waals surface area contributed by atoms with Gasteiger partial charge in [0.05, 0.1) is 0 Å². The molecule has 0 spiro atoms. The van der Waals surface area contributed by atoms with Gasteiger partial charge in [0.1, 0.15) is 24.7 Å². The molecule has 0 saturated heterocycles. The summed E-state index contributed by atoms with van der Waals surface area (Å²) in [5.41, 5.74) is 2.51. The van der Waals surface area contributed by atoms with Crippen LogP contribution < -0.4 is 14.8 Å². The molecule has 3 rings (SSSR count). The lowest BCUT2D eigenvalue weighted by molar-refractivity contribution is 0.102. The molecule has 28 heavy (non-hydrogen) atoms. The molecule has 1 amide bonds. The molecule has 1 N–H and O–H groups in total. The van der Waals surface area contributed by atoms with Gasteiger partial charge in [-0.3, -0.25) is 4.79 Å². The third-order valence-electron chi connectivity index (χ3n) is 4.29. The second-order valence-corrected chi connectivity index (χ2v) is 6.73. The Morgan fingerprint density at radius 3 is 2.21 bits per heavy atom. The van der Waals surface area contributed by atoms with E-state index in [0.717, 1.165) is 17.0 Å². The highest BCUT2D eigenvalue weighted by Crippen LogP contribution is 2.24. The summed E-state index contributed by atoms with van der Waals surface area (Å²) in [5.74, 6) is 1.62. The molecule has 0 radical (unpaired) electrons. The van der Waals surface area contributed by atoms with Crippen molar-refractivity contribution in [3.63, 3.8) is 0 Å². The van der Waals surface area contributed by atoms with Crippen LogP contribution in [0.1, 0.15) is 35.7 Å². The largest absolute Gasteiger partial charge is 0.490 e. The van der Waals surface area contributed by atoms with Crippen LogP contribution in [-0.2, 0) is 0 Å². The molecule has 0 saturated carbocycles. The maximum atomic E-state index is 12.7. The summed E-state index contributed by atoms with van der Waals surface area (Å²) >= 11 is 0. The van der Waals surface area contributed by atoms with Gasteiger partial charge in [-0.2, -0.15) is 0 Å². The zero-order valence-corrected chi connectivity index (χ0v) is 16.2. The summed E-state index contributed by atoms with van der Waals surface area (Å²) in [7, 11) is 0. The van der Waals surface area contributed by atoms with E-state index < -0.39 is 0 Å². The Bertz CT molecular complexity index is 906. The van der Waals surface area contributed by atoms with E-state index in [1.165, 1.54) is 0 Å². The minimum Gasteiger partial charge on any atom is -0.490 e. The Morgan fingerprint density at radius 2 is 1.46 bits per heavy atom. The lowest BCUT2D eigenvalue weighted by Gasteiger charge is -2.14. The van der Waals surface area contributed by atoms with E-state index in [1.54, 1.807) is 12.1 Å². The Balaban J connectivity index is 1.57. The van der Waals surface area contributed by atoms with E-state index in [4.69, 9.17) is 9.47 Å². The van der Waals surface area contributed by atoms with Crippen LogP contribution in [0.3, 0.4) is 0 Å². The first-order valence-corrected chi connectivity index (χ1v) is 9.44. The SMILES string of the molecule is CC(C)c1ccccc1NC(=O)c1cccc(OCCOc2ccccc2)c1. The number of hydrogen-bond acceptors (Lipinski definition) is 3. The van der Waals surface area contributed by atoms with Gasteiger partial charge in [0, 0.05) is 11.3 Å². The van der Waals surface area contributed by atoms with Crippen molar-refractivity contribution in [2.24, 2.45) is 0 Å². The van der Waals surface area contributed by atoms with Gasteiger partial charge in [0.15, 0.2) is 0 Å². The van der Waals surface area contributed by atoms with E-state index in [2.05, 4.69) is 19.2 Å². The summed E-state index contributed by atoms with van der Waals surface area (Å²) in [5, 5.41) is 3.00. The predicted molar refractivity (Wildman–Crippen MR) is 112 cm³/mol. The van der Waals surface area contributed by atoms with Crippen molar-refractivity contribution in [1.82, 2.24) is 0 Å². The number of carbonyl (C=O) groups is 1. The zero-order chi connectivity index (χ0) is 19.8. The summed E-state index contributed by atoms with van der Waals surface area (Å²) in [6.45, 7) is 5.05. The molecule has 4 nitrogen and oxygen atoms in total. The van der Waals surface area contributed by atoms with Crippen molar-refractivity contribution in [1.29, 1.82) is 0 Å². The van der Waals surface area contributed by atoms with Crippen LogP contribution >= 0.6 is 0 Å². The van der Waals surface area contributed by atoms with Crippen molar-refractivity contribution in [3.8, 4) is 11.5 Å². The van der Waals surface area contributed by atoms with Crippen LogP contribution in [-0.4, -0.2) is 19.1 Å². The highest BCUT2D eigenvalue weighted by Gasteiger charge is 2.11. The lowest BCUT2D eigenvalue weighted by Crippen LogP contribution is -2.14. The molecule has 0 heterocycles. The third kappa shape index (κ3) is 5.36. The van der Waals surface area contributed by atoms with Crippen LogP contribution in [0, 0.1) is 0 Å². The average molecular weight is 375 g/mol. The Morgan fingerprint density at radius 1 is 0.821 bits per heavy atom. The fourth-order valence-corrected chi connectivity index (χ4v) is 2.87. The average Bonchev–Trinajstić information content (AvgIpc) is 2.72. The van der Waals surface area contributed by atoms with Crippen molar-refractivity contribution >= 4 is 11.6 Å². The fourth-order valence-electron chi connectivity index (χ4n) is 2.87. The number of carbonyl (C=O) groups excluding carboxylic acids is 1. The summed E-state index contributed by atoms with van der Waals surface area (Å²) < 4.78 is 11.3. The number of ether oxygens (including phenoxy) is 2. The second kappa shape index (κ2) is 9.60. The molecule has 0 aliphatic carbocycles. The number of nitrogens with one attached hydrogen (secondary N) is 1. The molecule has 4 heteroatoms. The number of anilines is 1. The van der Waals surface area contributed by atoms with Gasteiger partial charge in [-0.15, -0.1) is 0 Å². The van der Waals surface area contributed by atoms with Crippen LogP contribution in [0.4, 0.5) is 5.69 Å². The molecule has 144 valence electrons. The maximum absolute atomic E-state index is 12.7. The van der Waals surface area contributed by atoms with Crippen LogP contribution in [0.25, 0.3) is 0 Å². The number of amides is 1. The molecular formula is C24H25NO3. The van der Waals surface area contributed by atoms with E-state index in [1.807, 2.05) is 66.7 Å². The number of benzene rings is 3. The summed E-state index contributed by atoms with van der Waals surface area (Å²) in [4.78, 5) is 12.7. The topological polar surface area (TPSA) is 47.6 Å². The number of rotatable bonds is 8. The molecule has 0 atom stereocenters.